The lowest BCUT2D eigenvalue weighted by Crippen LogP contribution is -1.97. The average molecular weight is 380 g/mol. The fraction of sp³-hybridized carbons (Fsp3) is 0.136. The van der Waals surface area contributed by atoms with Gasteiger partial charge in [-0.15, -0.1) is 0 Å². The van der Waals surface area contributed by atoms with Crippen LogP contribution in [0.5, 0.6) is 5.75 Å². The largest absolute Gasteiger partial charge is 0.496 e. The number of nitrogens with zero attached hydrogens (tertiary/aromatic N) is 2. The summed E-state index contributed by atoms with van der Waals surface area (Å²) in [4.78, 5) is 4.40. The summed E-state index contributed by atoms with van der Waals surface area (Å²) in [6, 6.07) is 15.1. The summed E-state index contributed by atoms with van der Waals surface area (Å²) in [6.45, 7) is 1.70. The van der Waals surface area contributed by atoms with Crippen molar-refractivity contribution in [1.29, 1.82) is 0 Å². The highest BCUT2D eigenvalue weighted by Gasteiger charge is 2.17. The first kappa shape index (κ1) is 18.1. The first-order valence-electron chi connectivity index (χ1n) is 8.77. The summed E-state index contributed by atoms with van der Waals surface area (Å²) in [5.41, 5.74) is 3.67. The number of rotatable bonds is 4. The molecule has 0 aliphatic carbocycles. The topological polar surface area (TPSA) is 47.3 Å². The third-order valence-electron chi connectivity index (χ3n) is 4.74. The van der Waals surface area contributed by atoms with E-state index in [1.54, 1.807) is 31.5 Å². The molecule has 0 unspecified atom stereocenters. The number of halogens is 2. The maximum atomic E-state index is 14.5. The lowest BCUT2D eigenvalue weighted by atomic mass is 10.0. The molecule has 0 saturated heterocycles. The molecule has 1 N–H and O–H groups in total. The van der Waals surface area contributed by atoms with E-state index in [0.29, 0.717) is 5.56 Å². The van der Waals surface area contributed by atoms with E-state index in [-0.39, 0.29) is 11.3 Å². The number of aromatic nitrogens is 2. The van der Waals surface area contributed by atoms with Gasteiger partial charge in [-0.1, -0.05) is 18.2 Å². The van der Waals surface area contributed by atoms with Crippen molar-refractivity contribution in [2.24, 2.45) is 0 Å². The molecule has 0 aliphatic rings. The monoisotopic (exact) mass is 380 g/mol. The van der Waals surface area contributed by atoms with E-state index in [2.05, 4.69) is 4.98 Å². The van der Waals surface area contributed by atoms with Crippen LogP contribution in [-0.4, -0.2) is 21.8 Å². The van der Waals surface area contributed by atoms with Crippen molar-refractivity contribution in [3.05, 3.63) is 78.1 Å². The SMILES string of the molecule is COc1ccc(F)c(F)c1-c1cccc(-n2cnc3cc([C@H](C)O)ccc32)c1. The third-order valence-corrected chi connectivity index (χ3v) is 4.74. The molecular formula is C22H18F2N2O2. The number of benzene rings is 3. The smallest absolute Gasteiger partial charge is 0.170 e. The van der Waals surface area contributed by atoms with E-state index in [0.717, 1.165) is 28.4 Å². The summed E-state index contributed by atoms with van der Waals surface area (Å²) < 4.78 is 35.4. The normalized spacial score (nSPS) is 12.3. The zero-order valence-corrected chi connectivity index (χ0v) is 15.4. The Balaban J connectivity index is 1.85. The minimum atomic E-state index is -0.950. The molecule has 0 fully saturated rings. The molecule has 0 aliphatic heterocycles. The molecule has 1 heterocycles. The van der Waals surface area contributed by atoms with E-state index in [1.807, 2.05) is 28.8 Å². The predicted molar refractivity (Wildman–Crippen MR) is 104 cm³/mol. The third kappa shape index (κ3) is 3.01. The fourth-order valence-electron chi connectivity index (χ4n) is 3.28. The Morgan fingerprint density at radius 2 is 1.89 bits per heavy atom. The van der Waals surface area contributed by atoms with E-state index in [4.69, 9.17) is 4.74 Å². The molecule has 3 aromatic carbocycles. The minimum absolute atomic E-state index is 0.0742. The molecule has 0 amide bonds. The molecule has 4 nitrogen and oxygen atoms in total. The van der Waals surface area contributed by atoms with E-state index < -0.39 is 17.7 Å². The van der Waals surface area contributed by atoms with E-state index in [9.17, 15) is 13.9 Å². The van der Waals surface area contributed by atoms with Crippen molar-refractivity contribution in [1.82, 2.24) is 9.55 Å². The zero-order valence-electron chi connectivity index (χ0n) is 15.4. The molecule has 4 rings (SSSR count). The van der Waals surface area contributed by atoms with Gasteiger partial charge in [0.25, 0.3) is 0 Å². The van der Waals surface area contributed by atoms with Crippen LogP contribution in [0.25, 0.3) is 27.8 Å². The van der Waals surface area contributed by atoms with Crippen LogP contribution in [0.4, 0.5) is 8.78 Å². The van der Waals surface area contributed by atoms with Crippen LogP contribution >= 0.6 is 0 Å². The van der Waals surface area contributed by atoms with Gasteiger partial charge in [0.2, 0.25) is 0 Å². The van der Waals surface area contributed by atoms with Gasteiger partial charge in [-0.3, -0.25) is 4.57 Å². The van der Waals surface area contributed by atoms with Crippen LogP contribution in [0.1, 0.15) is 18.6 Å². The number of hydrogen-bond acceptors (Lipinski definition) is 3. The zero-order chi connectivity index (χ0) is 19.8. The van der Waals surface area contributed by atoms with Gasteiger partial charge in [-0.05, 0) is 54.4 Å². The minimum Gasteiger partial charge on any atom is -0.496 e. The van der Waals surface area contributed by atoms with Gasteiger partial charge >= 0.3 is 0 Å². The van der Waals surface area contributed by atoms with Gasteiger partial charge in [0.1, 0.15) is 12.1 Å². The van der Waals surface area contributed by atoms with Crippen molar-refractivity contribution in [2.45, 2.75) is 13.0 Å². The Morgan fingerprint density at radius 3 is 2.64 bits per heavy atom. The van der Waals surface area contributed by atoms with Gasteiger partial charge in [0.15, 0.2) is 11.6 Å². The summed E-state index contributed by atoms with van der Waals surface area (Å²) in [5.74, 6) is -1.62. The average Bonchev–Trinajstić information content (AvgIpc) is 3.13. The second kappa shape index (κ2) is 7.05. The second-order valence-electron chi connectivity index (χ2n) is 6.53. The molecule has 1 aromatic heterocycles. The first-order valence-corrected chi connectivity index (χ1v) is 8.77. The number of fused-ring (bicyclic) bond motifs is 1. The summed E-state index contributed by atoms with van der Waals surface area (Å²) in [6.07, 6.45) is 1.08. The molecule has 0 saturated carbocycles. The number of aliphatic hydroxyl groups excluding tert-OH is 1. The van der Waals surface area contributed by atoms with Gasteiger partial charge in [0.05, 0.1) is 29.8 Å². The van der Waals surface area contributed by atoms with Crippen LogP contribution in [0.3, 0.4) is 0 Å². The second-order valence-corrected chi connectivity index (χ2v) is 6.53. The molecule has 0 radical (unpaired) electrons. The van der Waals surface area contributed by atoms with Gasteiger partial charge in [-0.2, -0.15) is 0 Å². The summed E-state index contributed by atoms with van der Waals surface area (Å²) in [5, 5.41) is 9.75. The number of hydrogen-bond donors (Lipinski definition) is 1. The Hall–Kier alpha value is -3.25. The van der Waals surface area contributed by atoms with Crippen LogP contribution < -0.4 is 4.74 Å². The Bertz CT molecular complexity index is 1170. The van der Waals surface area contributed by atoms with Crippen LogP contribution in [0.15, 0.2) is 60.9 Å². The lowest BCUT2D eigenvalue weighted by Gasteiger charge is -2.12. The maximum absolute atomic E-state index is 14.5. The van der Waals surface area contributed by atoms with Crippen molar-refractivity contribution in [3.8, 4) is 22.6 Å². The van der Waals surface area contributed by atoms with Crippen molar-refractivity contribution < 1.29 is 18.6 Å². The van der Waals surface area contributed by atoms with Gasteiger partial charge in [0, 0.05) is 5.69 Å². The Labute approximate surface area is 160 Å². The molecule has 6 heteroatoms. The van der Waals surface area contributed by atoms with E-state index >= 15 is 0 Å². The van der Waals surface area contributed by atoms with Crippen LogP contribution in [0, 0.1) is 11.6 Å². The standard InChI is InChI=1S/C22H18F2N2O2/c1-13(27)14-6-8-19-18(11-14)25-12-26(19)16-5-3-4-15(10-16)21-20(28-2)9-7-17(23)22(21)24/h3-13,27H,1-2H3/t13-/m0/s1. The summed E-state index contributed by atoms with van der Waals surface area (Å²) in [7, 11) is 1.42. The Kier molecular flexibility index (Phi) is 4.57. The highest BCUT2D eigenvalue weighted by atomic mass is 19.2. The number of aliphatic hydroxyl groups is 1. The fourth-order valence-corrected chi connectivity index (χ4v) is 3.28. The molecule has 0 bridgehead atoms. The molecular weight excluding hydrogens is 362 g/mol. The highest BCUT2D eigenvalue weighted by Crippen LogP contribution is 2.35. The van der Waals surface area contributed by atoms with Crippen molar-refractivity contribution >= 4 is 11.0 Å². The molecule has 1 atom stereocenters. The van der Waals surface area contributed by atoms with Gasteiger partial charge < -0.3 is 9.84 Å². The maximum Gasteiger partial charge on any atom is 0.170 e. The number of imidazole rings is 1. The van der Waals surface area contributed by atoms with Gasteiger partial charge in [-0.25, -0.2) is 13.8 Å². The molecule has 28 heavy (non-hydrogen) atoms. The number of ether oxygens (including phenoxy) is 1. The summed E-state index contributed by atoms with van der Waals surface area (Å²) >= 11 is 0. The predicted octanol–water partition coefficient (Wildman–Crippen LogP) is 5.03. The molecule has 142 valence electrons. The van der Waals surface area contributed by atoms with Crippen molar-refractivity contribution in [2.75, 3.05) is 7.11 Å². The van der Waals surface area contributed by atoms with E-state index in [1.165, 1.54) is 13.2 Å². The van der Waals surface area contributed by atoms with Crippen LogP contribution in [0.2, 0.25) is 0 Å². The van der Waals surface area contributed by atoms with Crippen molar-refractivity contribution in [3.63, 3.8) is 0 Å². The Morgan fingerprint density at radius 1 is 1.07 bits per heavy atom. The van der Waals surface area contributed by atoms with Crippen LogP contribution in [-0.2, 0) is 0 Å². The quantitative estimate of drug-likeness (QED) is 0.540. The first-order chi connectivity index (χ1) is 13.5. The lowest BCUT2D eigenvalue weighted by molar-refractivity contribution is 0.199. The molecule has 0 spiro atoms. The highest BCUT2D eigenvalue weighted by molar-refractivity contribution is 5.79. The number of methoxy groups -OCH3 is 1. The molecule has 4 aromatic rings.